The summed E-state index contributed by atoms with van der Waals surface area (Å²) in [6.07, 6.45) is 3.78. The Morgan fingerprint density at radius 3 is 2.96 bits per heavy atom. The van der Waals surface area contributed by atoms with Gasteiger partial charge in [0.2, 0.25) is 5.88 Å². The van der Waals surface area contributed by atoms with Gasteiger partial charge in [0.05, 0.1) is 18.8 Å². The monoisotopic (exact) mass is 315 g/mol. The van der Waals surface area contributed by atoms with Crippen molar-refractivity contribution in [2.75, 3.05) is 7.11 Å². The Bertz CT molecular complexity index is 724. The van der Waals surface area contributed by atoms with Gasteiger partial charge in [0.1, 0.15) is 5.56 Å². The molecule has 1 aliphatic rings. The van der Waals surface area contributed by atoms with Crippen LogP contribution < -0.4 is 10.1 Å². The van der Waals surface area contributed by atoms with Crippen LogP contribution in [-0.4, -0.2) is 23.2 Å². The van der Waals surface area contributed by atoms with Gasteiger partial charge in [0.25, 0.3) is 5.91 Å². The van der Waals surface area contributed by atoms with E-state index in [0.717, 1.165) is 42.6 Å². The van der Waals surface area contributed by atoms with Crippen LogP contribution in [0.1, 0.15) is 59.4 Å². The highest BCUT2D eigenvalue weighted by Crippen LogP contribution is 2.27. The van der Waals surface area contributed by atoms with Gasteiger partial charge in [-0.25, -0.2) is 4.98 Å². The van der Waals surface area contributed by atoms with Crippen molar-refractivity contribution in [1.29, 1.82) is 0 Å². The van der Waals surface area contributed by atoms with E-state index in [2.05, 4.69) is 15.5 Å². The maximum absolute atomic E-state index is 12.6. The molecule has 0 aromatic carbocycles. The number of rotatable bonds is 5. The van der Waals surface area contributed by atoms with E-state index in [1.54, 1.807) is 0 Å². The first-order valence-electron chi connectivity index (χ1n) is 7.95. The molecular formula is C17H21N3O3. The Hall–Kier alpha value is -2.37. The van der Waals surface area contributed by atoms with Gasteiger partial charge >= 0.3 is 0 Å². The zero-order valence-electron chi connectivity index (χ0n) is 13.7. The Morgan fingerprint density at radius 2 is 2.26 bits per heavy atom. The highest BCUT2D eigenvalue weighted by Gasteiger charge is 2.23. The van der Waals surface area contributed by atoms with Crippen LogP contribution in [0.3, 0.4) is 0 Å². The standard InChI is InChI=1S/C17H21N3O3/c1-4-12-9-15(23-20-12)10(2)18-16(21)13-8-11-6-5-7-14(11)19-17(13)22-3/h8-10H,4-7H2,1-3H3,(H,18,21)/t10-/m0/s1. The molecular weight excluding hydrogens is 294 g/mol. The fraction of sp³-hybridized carbons (Fsp3) is 0.471. The fourth-order valence-electron chi connectivity index (χ4n) is 2.82. The number of methoxy groups -OCH3 is 1. The quantitative estimate of drug-likeness (QED) is 0.917. The second kappa shape index (κ2) is 6.40. The second-order valence-electron chi connectivity index (χ2n) is 5.77. The first kappa shape index (κ1) is 15.5. The number of aryl methyl sites for hydroxylation is 3. The van der Waals surface area contributed by atoms with Crippen molar-refractivity contribution in [1.82, 2.24) is 15.5 Å². The van der Waals surface area contributed by atoms with Crippen LogP contribution in [0.15, 0.2) is 16.7 Å². The summed E-state index contributed by atoms with van der Waals surface area (Å²) in [6.45, 7) is 3.87. The van der Waals surface area contributed by atoms with Crippen LogP contribution in [0, 0.1) is 0 Å². The maximum atomic E-state index is 12.6. The Kier molecular flexibility index (Phi) is 4.32. The van der Waals surface area contributed by atoms with Crippen LogP contribution in [0.2, 0.25) is 0 Å². The molecule has 1 aliphatic carbocycles. The molecule has 0 spiro atoms. The molecule has 0 radical (unpaired) electrons. The van der Waals surface area contributed by atoms with Crippen LogP contribution in [0.5, 0.6) is 5.88 Å². The SMILES string of the molecule is CCc1cc([C@H](C)NC(=O)c2cc3c(nc2OC)CCC3)on1. The van der Waals surface area contributed by atoms with Gasteiger partial charge in [-0.15, -0.1) is 0 Å². The van der Waals surface area contributed by atoms with Gasteiger partial charge < -0.3 is 14.6 Å². The smallest absolute Gasteiger partial charge is 0.257 e. The van der Waals surface area contributed by atoms with E-state index in [9.17, 15) is 4.79 Å². The molecule has 1 amide bonds. The number of nitrogens with zero attached hydrogens (tertiary/aromatic N) is 2. The van der Waals surface area contributed by atoms with Gasteiger partial charge in [-0.2, -0.15) is 0 Å². The average molecular weight is 315 g/mol. The van der Waals surface area contributed by atoms with Crippen molar-refractivity contribution in [3.05, 3.63) is 40.4 Å². The van der Waals surface area contributed by atoms with Crippen molar-refractivity contribution < 1.29 is 14.1 Å². The van der Waals surface area contributed by atoms with Crippen LogP contribution >= 0.6 is 0 Å². The number of hydrogen-bond donors (Lipinski definition) is 1. The molecule has 3 rings (SSSR count). The largest absolute Gasteiger partial charge is 0.480 e. The van der Waals surface area contributed by atoms with E-state index in [-0.39, 0.29) is 11.9 Å². The lowest BCUT2D eigenvalue weighted by Crippen LogP contribution is -2.27. The molecule has 0 fully saturated rings. The Labute approximate surface area is 135 Å². The number of hydrogen-bond acceptors (Lipinski definition) is 5. The van der Waals surface area contributed by atoms with Crippen LogP contribution in [-0.2, 0) is 19.3 Å². The first-order valence-corrected chi connectivity index (χ1v) is 7.95. The molecule has 1 N–H and O–H groups in total. The number of pyridine rings is 1. The van der Waals surface area contributed by atoms with Gasteiger partial charge in [-0.3, -0.25) is 4.79 Å². The van der Waals surface area contributed by atoms with Crippen molar-refractivity contribution in [3.8, 4) is 5.88 Å². The van der Waals surface area contributed by atoms with E-state index in [1.165, 1.54) is 7.11 Å². The van der Waals surface area contributed by atoms with Crippen molar-refractivity contribution >= 4 is 5.91 Å². The summed E-state index contributed by atoms with van der Waals surface area (Å²) < 4.78 is 10.6. The molecule has 0 bridgehead atoms. The lowest BCUT2D eigenvalue weighted by molar-refractivity contribution is 0.0930. The third kappa shape index (κ3) is 3.06. The van der Waals surface area contributed by atoms with Crippen molar-refractivity contribution in [3.63, 3.8) is 0 Å². The number of carbonyl (C=O) groups is 1. The topological polar surface area (TPSA) is 77.2 Å². The van der Waals surface area contributed by atoms with Crippen LogP contribution in [0.4, 0.5) is 0 Å². The Balaban J connectivity index is 1.80. The molecule has 0 saturated carbocycles. The normalized spacial score (nSPS) is 14.4. The lowest BCUT2D eigenvalue weighted by Gasteiger charge is -2.13. The van der Waals surface area contributed by atoms with Crippen LogP contribution in [0.25, 0.3) is 0 Å². The summed E-state index contributed by atoms with van der Waals surface area (Å²) in [6, 6.07) is 3.49. The summed E-state index contributed by atoms with van der Waals surface area (Å²) in [5.41, 5.74) is 3.51. The minimum absolute atomic E-state index is 0.217. The van der Waals surface area contributed by atoms with E-state index in [4.69, 9.17) is 9.26 Å². The van der Waals surface area contributed by atoms with Crippen molar-refractivity contribution in [2.45, 2.75) is 45.6 Å². The summed E-state index contributed by atoms with van der Waals surface area (Å²) in [4.78, 5) is 17.1. The predicted molar refractivity (Wildman–Crippen MR) is 84.6 cm³/mol. The third-order valence-corrected chi connectivity index (χ3v) is 4.17. The zero-order chi connectivity index (χ0) is 16.4. The van der Waals surface area contributed by atoms with E-state index in [1.807, 2.05) is 26.0 Å². The van der Waals surface area contributed by atoms with Gasteiger partial charge in [-0.05, 0) is 44.2 Å². The maximum Gasteiger partial charge on any atom is 0.257 e. The summed E-state index contributed by atoms with van der Waals surface area (Å²) in [7, 11) is 1.54. The molecule has 6 heteroatoms. The fourth-order valence-corrected chi connectivity index (χ4v) is 2.82. The highest BCUT2D eigenvalue weighted by atomic mass is 16.5. The number of amides is 1. The molecule has 1 atom stereocenters. The number of carbonyl (C=O) groups excluding carboxylic acids is 1. The number of aromatic nitrogens is 2. The minimum atomic E-state index is -0.270. The van der Waals surface area contributed by atoms with E-state index < -0.39 is 0 Å². The molecule has 0 unspecified atom stereocenters. The first-order chi connectivity index (χ1) is 11.1. The number of fused-ring (bicyclic) bond motifs is 1. The molecule has 6 nitrogen and oxygen atoms in total. The van der Waals surface area contributed by atoms with Gasteiger partial charge in [-0.1, -0.05) is 12.1 Å². The summed E-state index contributed by atoms with van der Waals surface area (Å²) >= 11 is 0. The molecule has 0 aliphatic heterocycles. The van der Waals surface area contributed by atoms with E-state index >= 15 is 0 Å². The lowest BCUT2D eigenvalue weighted by atomic mass is 10.1. The molecule has 2 aromatic rings. The third-order valence-electron chi connectivity index (χ3n) is 4.17. The minimum Gasteiger partial charge on any atom is -0.480 e. The summed E-state index contributed by atoms with van der Waals surface area (Å²) in [5.74, 6) is 0.802. The second-order valence-corrected chi connectivity index (χ2v) is 5.77. The Morgan fingerprint density at radius 1 is 1.43 bits per heavy atom. The molecule has 23 heavy (non-hydrogen) atoms. The molecule has 0 saturated heterocycles. The average Bonchev–Trinajstić information content (AvgIpc) is 3.21. The molecule has 2 aromatic heterocycles. The highest BCUT2D eigenvalue weighted by molar-refractivity contribution is 5.96. The van der Waals surface area contributed by atoms with Crippen molar-refractivity contribution in [2.24, 2.45) is 0 Å². The number of ether oxygens (including phenoxy) is 1. The summed E-state index contributed by atoms with van der Waals surface area (Å²) in [5, 5.41) is 6.88. The number of nitrogens with one attached hydrogen (secondary N) is 1. The molecule has 2 heterocycles. The zero-order valence-corrected chi connectivity index (χ0v) is 13.7. The van der Waals surface area contributed by atoms with Gasteiger partial charge in [0.15, 0.2) is 5.76 Å². The van der Waals surface area contributed by atoms with Gasteiger partial charge in [0, 0.05) is 11.8 Å². The molecule has 122 valence electrons. The predicted octanol–water partition coefficient (Wildman–Crippen LogP) is 2.62. The van der Waals surface area contributed by atoms with E-state index in [0.29, 0.717) is 17.2 Å².